The Balaban J connectivity index is 2.19. The van der Waals surface area contributed by atoms with E-state index >= 15 is 0 Å². The van der Waals surface area contributed by atoms with E-state index in [9.17, 15) is 24.6 Å². The molecule has 0 radical (unpaired) electrons. The molecule has 1 amide bonds. The lowest BCUT2D eigenvalue weighted by atomic mass is 9.95. The van der Waals surface area contributed by atoms with E-state index in [-0.39, 0.29) is 17.7 Å². The van der Waals surface area contributed by atoms with Gasteiger partial charge in [0.05, 0.1) is 25.8 Å². The number of amides is 1. The van der Waals surface area contributed by atoms with Crippen molar-refractivity contribution in [2.75, 3.05) is 20.8 Å². The number of nitrogens with zero attached hydrogens (tertiary/aromatic N) is 1. The predicted molar refractivity (Wildman–Crippen MR) is 110 cm³/mol. The van der Waals surface area contributed by atoms with E-state index < -0.39 is 35.9 Å². The normalized spacial score (nSPS) is 17.6. The first-order valence-corrected chi connectivity index (χ1v) is 9.62. The molecular weight excluding hydrogens is 426 g/mol. The number of carbonyl (C=O) groups is 3. The zero-order valence-electron chi connectivity index (χ0n) is 16.8. The van der Waals surface area contributed by atoms with Crippen molar-refractivity contribution in [3.8, 4) is 11.5 Å². The number of ether oxygens (including phenoxy) is 2. The van der Waals surface area contributed by atoms with Gasteiger partial charge in [0.15, 0.2) is 11.5 Å². The van der Waals surface area contributed by atoms with E-state index in [2.05, 4.69) is 0 Å². The smallest absolute Gasteiger partial charge is 0.295 e. The average molecular weight is 445 g/mol. The van der Waals surface area contributed by atoms with Gasteiger partial charge in [-0.3, -0.25) is 9.59 Å². The molecule has 0 aliphatic carbocycles. The number of rotatable bonds is 7. The highest BCUT2D eigenvalue weighted by Gasteiger charge is 2.46. The fourth-order valence-corrected chi connectivity index (χ4v) is 3.58. The molecule has 1 N–H and O–H groups in total. The summed E-state index contributed by atoms with van der Waals surface area (Å²) in [5.41, 5.74) is 0.552. The van der Waals surface area contributed by atoms with Crippen molar-refractivity contribution in [3.63, 3.8) is 0 Å². The van der Waals surface area contributed by atoms with Gasteiger partial charge in [-0.05, 0) is 42.0 Å². The molecule has 1 heterocycles. The molecule has 1 saturated heterocycles. The van der Waals surface area contributed by atoms with E-state index in [0.29, 0.717) is 22.1 Å². The molecule has 1 aliphatic heterocycles. The number of aliphatic carboxylic acids is 1. The summed E-state index contributed by atoms with van der Waals surface area (Å²) in [6, 6.07) is 9.83. The number of carboxylic acid groups (broad SMARTS) is 1. The van der Waals surface area contributed by atoms with Crippen LogP contribution < -0.4 is 14.6 Å². The van der Waals surface area contributed by atoms with Crippen LogP contribution >= 0.6 is 11.6 Å². The van der Waals surface area contributed by atoms with Gasteiger partial charge in [-0.15, -0.1) is 0 Å². The number of hydrogen-bond donors (Lipinski definition) is 1. The van der Waals surface area contributed by atoms with E-state index in [1.54, 1.807) is 18.2 Å². The number of carboxylic acids is 1. The number of benzene rings is 2. The Morgan fingerprint density at radius 2 is 1.74 bits per heavy atom. The first-order chi connectivity index (χ1) is 14.8. The van der Waals surface area contributed by atoms with Crippen molar-refractivity contribution in [1.29, 1.82) is 0 Å². The second-order valence-corrected chi connectivity index (χ2v) is 7.17. The highest BCUT2D eigenvalue weighted by molar-refractivity contribution is 6.46. The van der Waals surface area contributed by atoms with Crippen molar-refractivity contribution in [3.05, 3.63) is 64.2 Å². The number of halogens is 1. The number of Topliss-reactive ketones (excluding diaryl/α,β-unsaturated/α-hetero) is 1. The molecule has 1 fully saturated rings. The lowest BCUT2D eigenvalue weighted by molar-refractivity contribution is -0.305. The van der Waals surface area contributed by atoms with Crippen LogP contribution in [-0.4, -0.2) is 48.4 Å². The fraction of sp³-hybridized carbons (Fsp3) is 0.227. The summed E-state index contributed by atoms with van der Waals surface area (Å²) in [5, 5.41) is 22.3. The lowest BCUT2D eigenvalue weighted by Gasteiger charge is -2.26. The van der Waals surface area contributed by atoms with Gasteiger partial charge in [0.1, 0.15) is 5.76 Å². The van der Waals surface area contributed by atoms with E-state index in [4.69, 9.17) is 21.1 Å². The minimum atomic E-state index is -1.37. The third-order valence-electron chi connectivity index (χ3n) is 4.94. The number of aliphatic hydroxyl groups is 1. The van der Waals surface area contributed by atoms with Gasteiger partial charge in [0, 0.05) is 29.5 Å². The summed E-state index contributed by atoms with van der Waals surface area (Å²) < 4.78 is 10.5. The van der Waals surface area contributed by atoms with Crippen LogP contribution in [0.15, 0.2) is 48.0 Å². The molecule has 0 aromatic heterocycles. The number of carbonyl (C=O) groups excluding carboxylic acids is 3. The highest BCUT2D eigenvalue weighted by atomic mass is 35.5. The maximum absolute atomic E-state index is 12.8. The second-order valence-electron chi connectivity index (χ2n) is 6.74. The number of likely N-dealkylation sites (tertiary alicyclic amines) is 1. The van der Waals surface area contributed by atoms with Crippen LogP contribution in [0.3, 0.4) is 0 Å². The molecule has 1 atom stereocenters. The summed E-state index contributed by atoms with van der Waals surface area (Å²) in [6.45, 7) is -0.274. The molecule has 3 rings (SSSR count). The maximum atomic E-state index is 12.8. The van der Waals surface area contributed by atoms with Crippen LogP contribution in [0, 0.1) is 0 Å². The Labute approximate surface area is 183 Å². The number of ketones is 1. The summed E-state index contributed by atoms with van der Waals surface area (Å²) >= 11 is 5.89. The van der Waals surface area contributed by atoms with Gasteiger partial charge in [0.25, 0.3) is 11.7 Å². The van der Waals surface area contributed by atoms with Crippen LogP contribution in [0.2, 0.25) is 5.02 Å². The van der Waals surface area contributed by atoms with Crippen LogP contribution in [0.5, 0.6) is 11.5 Å². The molecule has 31 heavy (non-hydrogen) atoms. The number of aliphatic hydroxyl groups excluding tert-OH is 1. The molecule has 0 bridgehead atoms. The molecule has 8 nitrogen and oxygen atoms in total. The Morgan fingerprint density at radius 3 is 2.32 bits per heavy atom. The first-order valence-electron chi connectivity index (χ1n) is 9.24. The number of methoxy groups -OCH3 is 2. The average Bonchev–Trinajstić information content (AvgIpc) is 3.01. The molecule has 1 aliphatic rings. The maximum Gasteiger partial charge on any atom is 0.295 e. The highest BCUT2D eigenvalue weighted by Crippen LogP contribution is 2.42. The Morgan fingerprint density at radius 1 is 1.10 bits per heavy atom. The third-order valence-corrected chi connectivity index (χ3v) is 5.19. The molecule has 0 spiro atoms. The SMILES string of the molecule is COc1ccc([C@H]2C(=C(O)c3ccc(Cl)cc3)C(=O)C(=O)N2CCC(=O)[O-])cc1OC. The summed E-state index contributed by atoms with van der Waals surface area (Å²) in [5.74, 6) is -2.84. The van der Waals surface area contributed by atoms with Gasteiger partial charge in [0.2, 0.25) is 0 Å². The number of hydrogen-bond acceptors (Lipinski definition) is 7. The van der Waals surface area contributed by atoms with Crippen molar-refractivity contribution in [1.82, 2.24) is 4.90 Å². The minimum Gasteiger partial charge on any atom is -0.550 e. The van der Waals surface area contributed by atoms with E-state index in [1.165, 1.54) is 38.5 Å². The van der Waals surface area contributed by atoms with Crippen molar-refractivity contribution >= 4 is 35.0 Å². The molecule has 9 heteroatoms. The van der Waals surface area contributed by atoms with Crippen LogP contribution in [0.1, 0.15) is 23.6 Å². The largest absolute Gasteiger partial charge is 0.550 e. The topological polar surface area (TPSA) is 116 Å². The zero-order chi connectivity index (χ0) is 22.7. The van der Waals surface area contributed by atoms with Gasteiger partial charge in [-0.25, -0.2) is 0 Å². The van der Waals surface area contributed by atoms with Crippen LogP contribution in [-0.2, 0) is 14.4 Å². The third kappa shape index (κ3) is 4.34. The lowest BCUT2D eigenvalue weighted by Crippen LogP contribution is -2.34. The van der Waals surface area contributed by atoms with E-state index in [1.807, 2.05) is 0 Å². The second kappa shape index (κ2) is 9.09. The monoisotopic (exact) mass is 444 g/mol. The minimum absolute atomic E-state index is 0.169. The summed E-state index contributed by atoms with van der Waals surface area (Å²) in [7, 11) is 2.90. The van der Waals surface area contributed by atoms with Crippen molar-refractivity contribution in [2.24, 2.45) is 0 Å². The van der Waals surface area contributed by atoms with Gasteiger partial charge in [-0.2, -0.15) is 0 Å². The molecule has 0 saturated carbocycles. The summed E-state index contributed by atoms with van der Waals surface area (Å²) in [4.78, 5) is 37.7. The molecule has 162 valence electrons. The molecular formula is C22H19ClNO7-. The van der Waals surface area contributed by atoms with Crippen LogP contribution in [0.25, 0.3) is 5.76 Å². The van der Waals surface area contributed by atoms with Crippen LogP contribution in [0.4, 0.5) is 0 Å². The fourth-order valence-electron chi connectivity index (χ4n) is 3.46. The zero-order valence-corrected chi connectivity index (χ0v) is 17.5. The van der Waals surface area contributed by atoms with Crippen molar-refractivity contribution < 1.29 is 34.1 Å². The van der Waals surface area contributed by atoms with E-state index in [0.717, 1.165) is 4.90 Å². The standard InChI is InChI=1S/C22H20ClNO7/c1-30-15-8-5-13(11-16(15)31-2)19-18(20(27)12-3-6-14(23)7-4-12)21(28)22(29)24(19)10-9-17(25)26/h3-8,11,19,27H,9-10H2,1-2H3,(H,25,26)/p-1/t19-/m0/s1. The Bertz CT molecular complexity index is 1060. The molecule has 0 unspecified atom stereocenters. The molecule has 2 aromatic carbocycles. The molecule has 2 aromatic rings. The van der Waals surface area contributed by atoms with Gasteiger partial charge < -0.3 is 29.4 Å². The summed E-state index contributed by atoms with van der Waals surface area (Å²) in [6.07, 6.45) is -0.474. The van der Waals surface area contributed by atoms with Gasteiger partial charge >= 0.3 is 0 Å². The predicted octanol–water partition coefficient (Wildman–Crippen LogP) is 1.92. The Hall–Kier alpha value is -3.52. The first kappa shape index (κ1) is 22.2. The quantitative estimate of drug-likeness (QED) is 0.394. The van der Waals surface area contributed by atoms with Gasteiger partial charge in [-0.1, -0.05) is 17.7 Å². The Kier molecular flexibility index (Phi) is 6.50. The van der Waals surface area contributed by atoms with Crippen molar-refractivity contribution in [2.45, 2.75) is 12.5 Å².